The third-order valence-electron chi connectivity index (χ3n) is 4.34. The molecule has 5 heteroatoms. The minimum absolute atomic E-state index is 0.0644. The molecule has 1 aliphatic heterocycles. The summed E-state index contributed by atoms with van der Waals surface area (Å²) in [5, 5.41) is 0. The van der Waals surface area contributed by atoms with E-state index in [9.17, 15) is 0 Å². The van der Waals surface area contributed by atoms with Crippen molar-refractivity contribution in [1.29, 1.82) is 0 Å². The zero-order chi connectivity index (χ0) is 17.1. The maximum absolute atomic E-state index is 5.97. The van der Waals surface area contributed by atoms with E-state index in [1.165, 1.54) is 5.56 Å². The molecule has 0 aliphatic carbocycles. The van der Waals surface area contributed by atoms with Crippen molar-refractivity contribution in [3.05, 3.63) is 72.2 Å². The molecule has 1 aliphatic rings. The molecule has 0 radical (unpaired) electrons. The van der Waals surface area contributed by atoms with Crippen LogP contribution in [-0.2, 0) is 4.74 Å². The Bertz CT molecular complexity index is 839. The van der Waals surface area contributed by atoms with Crippen LogP contribution in [0.3, 0.4) is 0 Å². The van der Waals surface area contributed by atoms with Crippen LogP contribution < -0.4 is 4.90 Å². The fourth-order valence-corrected chi connectivity index (χ4v) is 3.07. The lowest BCUT2D eigenvalue weighted by Gasteiger charge is -2.34. The number of ether oxygens (including phenoxy) is 1. The van der Waals surface area contributed by atoms with Gasteiger partial charge in [0.05, 0.1) is 6.61 Å². The lowest BCUT2D eigenvalue weighted by molar-refractivity contribution is 0.0395. The molecule has 0 saturated carbocycles. The van der Waals surface area contributed by atoms with Crippen LogP contribution in [-0.4, -0.2) is 34.6 Å². The van der Waals surface area contributed by atoms with Gasteiger partial charge in [-0.05, 0) is 24.6 Å². The van der Waals surface area contributed by atoms with Gasteiger partial charge < -0.3 is 9.64 Å². The van der Waals surface area contributed by atoms with Crippen LogP contribution in [0, 0.1) is 6.92 Å². The van der Waals surface area contributed by atoms with Crippen molar-refractivity contribution in [3.63, 3.8) is 0 Å². The van der Waals surface area contributed by atoms with Gasteiger partial charge in [0.1, 0.15) is 11.9 Å². The molecule has 1 atom stereocenters. The molecule has 0 N–H and O–H groups in total. The van der Waals surface area contributed by atoms with Crippen molar-refractivity contribution in [3.8, 4) is 11.4 Å². The van der Waals surface area contributed by atoms with E-state index in [4.69, 9.17) is 9.72 Å². The van der Waals surface area contributed by atoms with Crippen molar-refractivity contribution in [1.82, 2.24) is 15.0 Å². The Morgan fingerprint density at radius 1 is 1.04 bits per heavy atom. The first-order chi connectivity index (χ1) is 12.3. The number of aryl methyl sites for hydroxylation is 1. The van der Waals surface area contributed by atoms with E-state index < -0.39 is 0 Å². The average Bonchev–Trinajstić information content (AvgIpc) is 2.69. The molecular weight excluding hydrogens is 312 g/mol. The summed E-state index contributed by atoms with van der Waals surface area (Å²) in [6.07, 6.45) is 3.59. The molecule has 3 heterocycles. The maximum Gasteiger partial charge on any atom is 0.161 e. The van der Waals surface area contributed by atoms with Gasteiger partial charge in [0, 0.05) is 42.8 Å². The van der Waals surface area contributed by atoms with E-state index in [1.807, 2.05) is 43.3 Å². The predicted octanol–water partition coefficient (Wildman–Crippen LogP) is 3.42. The molecule has 126 valence electrons. The Balaban J connectivity index is 1.62. The third kappa shape index (κ3) is 3.51. The molecule has 0 spiro atoms. The summed E-state index contributed by atoms with van der Waals surface area (Å²) in [6.45, 7) is 4.31. The molecule has 3 aromatic rings. The minimum Gasteiger partial charge on any atom is -0.370 e. The van der Waals surface area contributed by atoms with Crippen LogP contribution in [0.4, 0.5) is 5.82 Å². The van der Waals surface area contributed by atoms with Gasteiger partial charge in [0.15, 0.2) is 5.82 Å². The van der Waals surface area contributed by atoms with Gasteiger partial charge in [-0.1, -0.05) is 30.3 Å². The van der Waals surface area contributed by atoms with E-state index in [2.05, 4.69) is 27.0 Å². The van der Waals surface area contributed by atoms with Crippen molar-refractivity contribution in [2.45, 2.75) is 13.0 Å². The number of morpholine rings is 1. The minimum atomic E-state index is 0.0644. The smallest absolute Gasteiger partial charge is 0.161 e. The third-order valence-corrected chi connectivity index (χ3v) is 4.34. The number of pyridine rings is 1. The lowest BCUT2D eigenvalue weighted by Crippen LogP contribution is -2.39. The van der Waals surface area contributed by atoms with Crippen molar-refractivity contribution in [2.24, 2.45) is 0 Å². The van der Waals surface area contributed by atoms with Gasteiger partial charge in [-0.2, -0.15) is 0 Å². The van der Waals surface area contributed by atoms with Crippen molar-refractivity contribution < 1.29 is 4.74 Å². The Morgan fingerprint density at radius 2 is 1.84 bits per heavy atom. The summed E-state index contributed by atoms with van der Waals surface area (Å²) in [4.78, 5) is 15.7. The first kappa shape index (κ1) is 15.7. The standard InChI is InChI=1S/C20H20N4O/c1-15-13-19(23-20(22-15)17-7-9-21-10-8-17)24-11-12-25-18(14-24)16-5-3-2-4-6-16/h2-10,13,18H,11-12,14H2,1H3/t18-/m0/s1. The fourth-order valence-electron chi connectivity index (χ4n) is 3.07. The average molecular weight is 332 g/mol. The summed E-state index contributed by atoms with van der Waals surface area (Å²) in [7, 11) is 0. The zero-order valence-electron chi connectivity index (χ0n) is 14.2. The van der Waals surface area contributed by atoms with E-state index in [0.29, 0.717) is 6.61 Å². The molecule has 1 saturated heterocycles. The molecule has 1 fully saturated rings. The molecule has 0 bridgehead atoms. The Kier molecular flexibility index (Phi) is 4.39. The summed E-state index contributed by atoms with van der Waals surface area (Å²) < 4.78 is 5.97. The zero-order valence-corrected chi connectivity index (χ0v) is 14.2. The first-order valence-electron chi connectivity index (χ1n) is 8.47. The highest BCUT2D eigenvalue weighted by Crippen LogP contribution is 2.26. The van der Waals surface area contributed by atoms with Gasteiger partial charge in [-0.3, -0.25) is 4.98 Å². The van der Waals surface area contributed by atoms with Crippen molar-refractivity contribution in [2.75, 3.05) is 24.6 Å². The monoisotopic (exact) mass is 332 g/mol. The van der Waals surface area contributed by atoms with Gasteiger partial charge in [0.2, 0.25) is 0 Å². The van der Waals surface area contributed by atoms with Crippen LogP contribution in [0.1, 0.15) is 17.4 Å². The second kappa shape index (κ2) is 6.99. The molecule has 0 amide bonds. The summed E-state index contributed by atoms with van der Waals surface area (Å²) in [5.74, 6) is 1.68. The second-order valence-corrected chi connectivity index (χ2v) is 6.14. The Morgan fingerprint density at radius 3 is 2.64 bits per heavy atom. The highest BCUT2D eigenvalue weighted by atomic mass is 16.5. The van der Waals surface area contributed by atoms with Crippen LogP contribution in [0.15, 0.2) is 60.9 Å². The molecule has 1 aromatic carbocycles. The van der Waals surface area contributed by atoms with E-state index in [1.54, 1.807) is 12.4 Å². The maximum atomic E-state index is 5.97. The van der Waals surface area contributed by atoms with Gasteiger partial charge in [0.25, 0.3) is 0 Å². The number of anilines is 1. The summed E-state index contributed by atoms with van der Waals surface area (Å²) >= 11 is 0. The molecule has 4 rings (SSSR count). The SMILES string of the molecule is Cc1cc(N2CCO[C@H](c3ccccc3)C2)nc(-c2ccncc2)n1. The summed E-state index contributed by atoms with van der Waals surface area (Å²) in [5.41, 5.74) is 3.14. The van der Waals surface area contributed by atoms with E-state index in [0.717, 1.165) is 36.0 Å². The molecular formula is C20H20N4O. The summed E-state index contributed by atoms with van der Waals surface area (Å²) in [6, 6.07) is 16.3. The molecule has 5 nitrogen and oxygen atoms in total. The van der Waals surface area contributed by atoms with Crippen LogP contribution in [0.25, 0.3) is 11.4 Å². The quantitative estimate of drug-likeness (QED) is 0.735. The highest BCUT2D eigenvalue weighted by Gasteiger charge is 2.23. The highest BCUT2D eigenvalue weighted by molar-refractivity contribution is 5.57. The molecule has 0 unspecified atom stereocenters. The van der Waals surface area contributed by atoms with Crippen LogP contribution >= 0.6 is 0 Å². The number of hydrogen-bond donors (Lipinski definition) is 0. The Labute approximate surface area is 147 Å². The Hall–Kier alpha value is -2.79. The van der Waals surface area contributed by atoms with Crippen LogP contribution in [0.2, 0.25) is 0 Å². The lowest BCUT2D eigenvalue weighted by atomic mass is 10.1. The molecule has 25 heavy (non-hydrogen) atoms. The number of hydrogen-bond acceptors (Lipinski definition) is 5. The number of aromatic nitrogens is 3. The fraction of sp³-hybridized carbons (Fsp3) is 0.250. The van der Waals surface area contributed by atoms with Gasteiger partial charge >= 0.3 is 0 Å². The van der Waals surface area contributed by atoms with Crippen LogP contribution in [0.5, 0.6) is 0 Å². The van der Waals surface area contributed by atoms with Crippen molar-refractivity contribution >= 4 is 5.82 Å². The predicted molar refractivity (Wildman–Crippen MR) is 97.3 cm³/mol. The van der Waals surface area contributed by atoms with E-state index in [-0.39, 0.29) is 6.10 Å². The van der Waals surface area contributed by atoms with E-state index >= 15 is 0 Å². The van der Waals surface area contributed by atoms with Gasteiger partial charge in [-0.15, -0.1) is 0 Å². The second-order valence-electron chi connectivity index (χ2n) is 6.14. The first-order valence-corrected chi connectivity index (χ1v) is 8.47. The normalized spacial score (nSPS) is 17.5. The van der Waals surface area contributed by atoms with Gasteiger partial charge in [-0.25, -0.2) is 9.97 Å². The topological polar surface area (TPSA) is 51.1 Å². The molecule has 2 aromatic heterocycles. The number of benzene rings is 1. The number of nitrogens with zero attached hydrogens (tertiary/aromatic N) is 4. The number of rotatable bonds is 3. The largest absolute Gasteiger partial charge is 0.370 e.